The minimum Gasteiger partial charge on any atom is -0.352 e. The van der Waals surface area contributed by atoms with Gasteiger partial charge in [-0.3, -0.25) is 18.8 Å². The molecule has 1 fully saturated rings. The molecule has 8 nitrogen and oxygen atoms in total. The molecule has 146 valence electrons. The van der Waals surface area contributed by atoms with Crippen LogP contribution in [0.5, 0.6) is 0 Å². The molecule has 2 aromatic heterocycles. The fourth-order valence-corrected chi connectivity index (χ4v) is 4.18. The maximum absolute atomic E-state index is 12.9. The molecule has 9 heteroatoms. The monoisotopic (exact) mass is 391 g/mol. The van der Waals surface area contributed by atoms with Crippen LogP contribution in [0.25, 0.3) is 4.96 Å². The summed E-state index contributed by atoms with van der Waals surface area (Å²) < 4.78 is 1.41. The molecule has 1 N–H and O–H groups in total. The van der Waals surface area contributed by atoms with E-state index in [-0.39, 0.29) is 34.9 Å². The number of hydrogen-bond donors (Lipinski definition) is 1. The zero-order valence-corrected chi connectivity index (χ0v) is 16.7. The first kappa shape index (κ1) is 19.5. The second kappa shape index (κ2) is 8.18. The zero-order chi connectivity index (χ0) is 19.6. The van der Waals surface area contributed by atoms with Gasteiger partial charge in [0, 0.05) is 36.9 Å². The Kier molecular flexibility index (Phi) is 5.91. The van der Waals surface area contributed by atoms with Crippen molar-refractivity contribution in [3.05, 3.63) is 33.7 Å². The van der Waals surface area contributed by atoms with E-state index in [0.29, 0.717) is 31.0 Å². The number of carbonyl (C=O) groups excluding carboxylic acids is 2. The zero-order valence-electron chi connectivity index (χ0n) is 15.8. The van der Waals surface area contributed by atoms with E-state index in [1.165, 1.54) is 21.9 Å². The van der Waals surface area contributed by atoms with E-state index >= 15 is 0 Å². The molecular formula is C18H25N5O3S. The summed E-state index contributed by atoms with van der Waals surface area (Å²) in [6, 6.07) is 0.0464. The summed E-state index contributed by atoms with van der Waals surface area (Å²) in [7, 11) is 3.71. The van der Waals surface area contributed by atoms with Crippen molar-refractivity contribution in [2.45, 2.75) is 25.8 Å². The summed E-state index contributed by atoms with van der Waals surface area (Å²) in [5.74, 6) is -0.132. The molecule has 0 spiro atoms. The van der Waals surface area contributed by atoms with Gasteiger partial charge in [0.2, 0.25) is 5.91 Å². The third kappa shape index (κ3) is 4.19. The Labute approximate surface area is 161 Å². The summed E-state index contributed by atoms with van der Waals surface area (Å²) in [6.07, 6.45) is 4.53. The molecule has 3 heterocycles. The van der Waals surface area contributed by atoms with Gasteiger partial charge in [-0.1, -0.05) is 6.92 Å². The van der Waals surface area contributed by atoms with Crippen LogP contribution in [0.1, 0.15) is 30.1 Å². The molecule has 3 rings (SSSR count). The maximum atomic E-state index is 12.9. The Balaban J connectivity index is 1.71. The highest BCUT2D eigenvalue weighted by Gasteiger charge is 2.32. The molecule has 0 bridgehead atoms. The van der Waals surface area contributed by atoms with Crippen molar-refractivity contribution in [3.63, 3.8) is 0 Å². The lowest BCUT2D eigenvalue weighted by molar-refractivity contribution is -0.123. The molecule has 0 radical (unpaired) electrons. The normalized spacial score (nSPS) is 20.2. The van der Waals surface area contributed by atoms with Crippen molar-refractivity contribution >= 4 is 28.1 Å². The number of likely N-dealkylation sites (tertiary alicyclic amines) is 1. The smallest absolute Gasteiger partial charge is 0.271 e. The van der Waals surface area contributed by atoms with Gasteiger partial charge in [-0.05, 0) is 32.9 Å². The number of piperidine rings is 1. The van der Waals surface area contributed by atoms with Crippen molar-refractivity contribution < 1.29 is 9.59 Å². The Morgan fingerprint density at radius 2 is 2.19 bits per heavy atom. The first-order chi connectivity index (χ1) is 12.9. The number of hydrogen-bond acceptors (Lipinski definition) is 6. The number of carbonyl (C=O) groups is 2. The van der Waals surface area contributed by atoms with Crippen LogP contribution in [0, 0.1) is 5.92 Å². The van der Waals surface area contributed by atoms with Crippen molar-refractivity contribution in [2.24, 2.45) is 5.92 Å². The topological polar surface area (TPSA) is 87.0 Å². The van der Waals surface area contributed by atoms with Gasteiger partial charge >= 0.3 is 0 Å². The number of aromatic nitrogens is 2. The van der Waals surface area contributed by atoms with Crippen molar-refractivity contribution in [2.75, 3.05) is 33.7 Å². The molecule has 2 amide bonds. The van der Waals surface area contributed by atoms with Crippen LogP contribution < -0.4 is 10.9 Å². The molecule has 1 aliphatic heterocycles. The van der Waals surface area contributed by atoms with Crippen molar-refractivity contribution in [3.8, 4) is 0 Å². The fourth-order valence-electron chi connectivity index (χ4n) is 3.50. The highest BCUT2D eigenvalue weighted by atomic mass is 32.1. The van der Waals surface area contributed by atoms with E-state index in [9.17, 15) is 14.4 Å². The number of nitrogens with zero attached hydrogens (tertiary/aromatic N) is 4. The highest BCUT2D eigenvalue weighted by molar-refractivity contribution is 7.15. The number of fused-ring (bicyclic) bond motifs is 1. The third-order valence-corrected chi connectivity index (χ3v) is 5.70. The minimum absolute atomic E-state index is 0.00594. The Morgan fingerprint density at radius 3 is 2.89 bits per heavy atom. The summed E-state index contributed by atoms with van der Waals surface area (Å²) in [5, 5.41) is 4.86. The molecule has 27 heavy (non-hydrogen) atoms. The van der Waals surface area contributed by atoms with Crippen molar-refractivity contribution in [1.29, 1.82) is 0 Å². The second-order valence-corrected chi connectivity index (χ2v) is 8.03. The fraction of sp³-hybridized carbons (Fsp3) is 0.556. The van der Waals surface area contributed by atoms with Crippen LogP contribution in [0.2, 0.25) is 0 Å². The third-order valence-electron chi connectivity index (χ3n) is 4.92. The van der Waals surface area contributed by atoms with Crippen LogP contribution in [-0.4, -0.2) is 70.8 Å². The molecule has 1 saturated heterocycles. The minimum atomic E-state index is -0.333. The maximum Gasteiger partial charge on any atom is 0.271 e. The number of amides is 2. The van der Waals surface area contributed by atoms with Gasteiger partial charge in [-0.15, -0.1) is 11.3 Å². The Morgan fingerprint density at radius 1 is 1.41 bits per heavy atom. The van der Waals surface area contributed by atoms with Crippen molar-refractivity contribution in [1.82, 2.24) is 24.5 Å². The first-order valence-electron chi connectivity index (χ1n) is 9.09. The molecule has 0 aromatic carbocycles. The Hall–Kier alpha value is -2.26. The standard InChI is InChI=1S/C18H25N5O3S/c1-4-12-10-22(6-5-14(12)20-15(24)11-21(2)3)16(25)13-9-19-18-23(17(13)26)7-8-27-18/h7-9,12,14H,4-6,10-11H2,1-3H3,(H,20,24)/t12-,14+/m1/s1. The average molecular weight is 391 g/mol. The summed E-state index contributed by atoms with van der Waals surface area (Å²) in [6.45, 7) is 3.43. The quantitative estimate of drug-likeness (QED) is 0.810. The molecule has 2 atom stereocenters. The lowest BCUT2D eigenvalue weighted by atomic mass is 9.89. The molecule has 2 aromatic rings. The molecular weight excluding hydrogens is 366 g/mol. The predicted octanol–water partition coefficient (Wildman–Crippen LogP) is 0.675. The van der Waals surface area contributed by atoms with Gasteiger partial charge in [0.1, 0.15) is 5.56 Å². The highest BCUT2D eigenvalue weighted by Crippen LogP contribution is 2.21. The summed E-state index contributed by atoms with van der Waals surface area (Å²) in [4.78, 5) is 45.9. The van der Waals surface area contributed by atoms with Crippen LogP contribution in [0.4, 0.5) is 0 Å². The van der Waals surface area contributed by atoms with Gasteiger partial charge in [-0.25, -0.2) is 4.98 Å². The van der Waals surface area contributed by atoms with Crippen LogP contribution in [0.15, 0.2) is 22.6 Å². The van der Waals surface area contributed by atoms with Gasteiger partial charge in [0.15, 0.2) is 4.96 Å². The van der Waals surface area contributed by atoms with E-state index in [1.54, 1.807) is 16.5 Å². The van der Waals surface area contributed by atoms with Crippen LogP contribution >= 0.6 is 11.3 Å². The molecule has 0 unspecified atom stereocenters. The molecule has 1 aliphatic rings. The van der Waals surface area contributed by atoms with Gasteiger partial charge < -0.3 is 15.1 Å². The summed E-state index contributed by atoms with van der Waals surface area (Å²) >= 11 is 1.35. The van der Waals surface area contributed by atoms with Gasteiger partial charge in [0.25, 0.3) is 11.5 Å². The molecule has 0 saturated carbocycles. The van der Waals surface area contributed by atoms with Crippen LogP contribution in [0.3, 0.4) is 0 Å². The summed E-state index contributed by atoms with van der Waals surface area (Å²) in [5.41, 5.74) is -0.239. The molecule has 0 aliphatic carbocycles. The number of nitrogens with one attached hydrogen (secondary N) is 1. The second-order valence-electron chi connectivity index (χ2n) is 7.15. The predicted molar refractivity (Wildman–Crippen MR) is 104 cm³/mol. The lowest BCUT2D eigenvalue weighted by Crippen LogP contribution is -2.53. The van der Waals surface area contributed by atoms with E-state index in [1.807, 2.05) is 19.0 Å². The van der Waals surface area contributed by atoms with Gasteiger partial charge in [-0.2, -0.15) is 0 Å². The lowest BCUT2D eigenvalue weighted by Gasteiger charge is -2.38. The van der Waals surface area contributed by atoms with E-state index in [4.69, 9.17) is 0 Å². The van der Waals surface area contributed by atoms with Crippen LogP contribution in [-0.2, 0) is 4.79 Å². The number of rotatable bonds is 5. The van der Waals surface area contributed by atoms with E-state index < -0.39 is 0 Å². The van der Waals surface area contributed by atoms with E-state index in [2.05, 4.69) is 17.2 Å². The van der Waals surface area contributed by atoms with E-state index in [0.717, 1.165) is 6.42 Å². The largest absolute Gasteiger partial charge is 0.352 e. The number of likely N-dealkylation sites (N-methyl/N-ethyl adjacent to an activating group) is 1. The van der Waals surface area contributed by atoms with Gasteiger partial charge in [0.05, 0.1) is 6.54 Å². The SMILES string of the molecule is CC[C@@H]1CN(C(=O)c2cnc3sccn3c2=O)CC[C@@H]1NC(=O)CN(C)C. The number of thiazole rings is 1. The first-order valence-corrected chi connectivity index (χ1v) is 9.97. The average Bonchev–Trinajstić information content (AvgIpc) is 3.11. The Bertz CT molecular complexity index is 890.